The van der Waals surface area contributed by atoms with Gasteiger partial charge in [0.2, 0.25) is 0 Å². The fraction of sp³-hybridized carbons (Fsp3) is 0.125. The Morgan fingerprint density at radius 1 is 1.12 bits per heavy atom. The molecule has 2 aromatic heterocycles. The number of hydrogen-bond donors (Lipinski definition) is 1. The van der Waals surface area contributed by atoms with Crippen molar-refractivity contribution in [3.05, 3.63) is 58.4 Å². The van der Waals surface area contributed by atoms with Crippen molar-refractivity contribution in [2.45, 2.75) is 18.7 Å². The van der Waals surface area contributed by atoms with Gasteiger partial charge in [-0.2, -0.15) is 0 Å². The Hall–Kier alpha value is -1.96. The predicted octanol–water partition coefficient (Wildman–Crippen LogP) is 4.28. The van der Waals surface area contributed by atoms with Gasteiger partial charge in [-0.25, -0.2) is 18.4 Å². The van der Waals surface area contributed by atoms with Crippen LogP contribution < -0.4 is 4.72 Å². The van der Waals surface area contributed by atoms with Crippen LogP contribution in [0.4, 0.5) is 5.69 Å². The zero-order valence-corrected chi connectivity index (χ0v) is 15.3. The molecule has 0 spiro atoms. The van der Waals surface area contributed by atoms with Gasteiger partial charge in [0.25, 0.3) is 10.0 Å². The van der Waals surface area contributed by atoms with Crippen LogP contribution in [0.1, 0.15) is 11.3 Å². The smallest absolute Gasteiger partial charge is 0.264 e. The lowest BCUT2D eigenvalue weighted by molar-refractivity contribution is 0.601. The Morgan fingerprint density at radius 3 is 2.46 bits per heavy atom. The summed E-state index contributed by atoms with van der Waals surface area (Å²) in [5.41, 5.74) is 4.71. The third-order valence-electron chi connectivity index (χ3n) is 3.41. The van der Waals surface area contributed by atoms with E-state index in [1.165, 1.54) is 17.4 Å². The fourth-order valence-electron chi connectivity index (χ4n) is 2.15. The van der Waals surface area contributed by atoms with E-state index in [1.54, 1.807) is 23.8 Å². The normalized spacial score (nSPS) is 11.5. The van der Waals surface area contributed by atoms with Gasteiger partial charge in [0.15, 0.2) is 0 Å². The first-order valence-electron chi connectivity index (χ1n) is 7.02. The number of hydrogen-bond acceptors (Lipinski definition) is 5. The first kappa shape index (κ1) is 16.9. The van der Waals surface area contributed by atoms with E-state index < -0.39 is 10.0 Å². The van der Waals surface area contributed by atoms with Gasteiger partial charge < -0.3 is 0 Å². The molecule has 0 aliphatic rings. The average molecular weight is 380 g/mol. The van der Waals surface area contributed by atoms with Gasteiger partial charge >= 0.3 is 0 Å². The molecule has 0 amide bonds. The van der Waals surface area contributed by atoms with Crippen molar-refractivity contribution in [3.63, 3.8) is 0 Å². The van der Waals surface area contributed by atoms with Gasteiger partial charge in [-0.05, 0) is 32.0 Å². The number of pyridine rings is 1. The number of thiazole rings is 1. The van der Waals surface area contributed by atoms with Crippen LogP contribution in [0, 0.1) is 13.8 Å². The maximum absolute atomic E-state index is 12.7. The molecule has 3 rings (SSSR count). The molecule has 5 nitrogen and oxygen atoms in total. The minimum absolute atomic E-state index is 0.0601. The standard InChI is InChI=1S/C16H14ClN3O2S2/c1-10-3-5-13(6-4-10)20-24(21,22)14-7-12(8-18-16(14)17)15-11(2)19-9-23-15/h3-9,20H,1-2H3. The molecule has 8 heteroatoms. The highest BCUT2D eigenvalue weighted by Gasteiger charge is 2.21. The summed E-state index contributed by atoms with van der Waals surface area (Å²) in [6, 6.07) is 8.58. The topological polar surface area (TPSA) is 72.0 Å². The summed E-state index contributed by atoms with van der Waals surface area (Å²) in [5, 5.41) is -0.0690. The molecule has 124 valence electrons. The summed E-state index contributed by atoms with van der Waals surface area (Å²) in [6.07, 6.45) is 1.55. The SMILES string of the molecule is Cc1ccc(NS(=O)(=O)c2cc(-c3scnc3C)cnc2Cl)cc1. The van der Waals surface area contributed by atoms with Crippen molar-refractivity contribution >= 4 is 38.6 Å². The van der Waals surface area contributed by atoms with E-state index in [4.69, 9.17) is 11.6 Å². The Bertz CT molecular complexity index is 983. The van der Waals surface area contributed by atoms with E-state index in [9.17, 15) is 8.42 Å². The molecule has 2 heterocycles. The highest BCUT2D eigenvalue weighted by atomic mass is 35.5. The van der Waals surface area contributed by atoms with Crippen LogP contribution in [0.3, 0.4) is 0 Å². The molecular weight excluding hydrogens is 366 g/mol. The number of rotatable bonds is 4. The highest BCUT2D eigenvalue weighted by Crippen LogP contribution is 2.31. The second kappa shape index (κ2) is 6.51. The summed E-state index contributed by atoms with van der Waals surface area (Å²) in [7, 11) is -3.84. The van der Waals surface area contributed by atoms with E-state index in [-0.39, 0.29) is 10.0 Å². The van der Waals surface area contributed by atoms with Gasteiger partial charge in [0.1, 0.15) is 10.0 Å². The number of nitrogens with one attached hydrogen (secondary N) is 1. The van der Waals surface area contributed by atoms with E-state index in [0.717, 1.165) is 16.1 Å². The maximum atomic E-state index is 12.7. The van der Waals surface area contributed by atoms with E-state index in [2.05, 4.69) is 14.7 Å². The molecule has 0 atom stereocenters. The molecule has 1 N–H and O–H groups in total. The minimum atomic E-state index is -3.84. The van der Waals surface area contributed by atoms with E-state index in [1.807, 2.05) is 26.0 Å². The summed E-state index contributed by atoms with van der Waals surface area (Å²) >= 11 is 7.45. The average Bonchev–Trinajstić information content (AvgIpc) is 2.96. The number of aromatic nitrogens is 2. The first-order chi connectivity index (χ1) is 11.4. The lowest BCUT2D eigenvalue weighted by Gasteiger charge is -2.10. The van der Waals surface area contributed by atoms with Gasteiger partial charge in [-0.3, -0.25) is 4.72 Å². The Kier molecular flexibility index (Phi) is 4.58. The monoisotopic (exact) mass is 379 g/mol. The van der Waals surface area contributed by atoms with Crippen molar-refractivity contribution in [1.29, 1.82) is 0 Å². The molecule has 3 aromatic rings. The van der Waals surface area contributed by atoms with Crippen molar-refractivity contribution in [1.82, 2.24) is 9.97 Å². The molecule has 0 fully saturated rings. The summed E-state index contributed by atoms with van der Waals surface area (Å²) in [6.45, 7) is 3.79. The lowest BCUT2D eigenvalue weighted by Crippen LogP contribution is -2.14. The maximum Gasteiger partial charge on any atom is 0.264 e. The minimum Gasteiger partial charge on any atom is -0.280 e. The second-order valence-corrected chi connectivity index (χ2v) is 8.11. The molecule has 0 bridgehead atoms. The van der Waals surface area contributed by atoms with Crippen molar-refractivity contribution in [3.8, 4) is 10.4 Å². The summed E-state index contributed by atoms with van der Waals surface area (Å²) < 4.78 is 27.9. The molecule has 24 heavy (non-hydrogen) atoms. The first-order valence-corrected chi connectivity index (χ1v) is 9.76. The molecule has 1 aromatic carbocycles. The molecular formula is C16H14ClN3O2S2. The van der Waals surface area contributed by atoms with Gasteiger partial charge in [-0.1, -0.05) is 29.3 Å². The molecule has 0 saturated carbocycles. The molecule has 0 aliphatic carbocycles. The van der Waals surface area contributed by atoms with Crippen LogP contribution in [0.2, 0.25) is 5.15 Å². The molecule has 0 aliphatic heterocycles. The lowest BCUT2D eigenvalue weighted by atomic mass is 10.2. The third kappa shape index (κ3) is 3.43. The Labute approximate surface area is 149 Å². The van der Waals surface area contributed by atoms with Crippen molar-refractivity contribution in [2.75, 3.05) is 4.72 Å². The molecule has 0 unspecified atom stereocenters. The van der Waals surface area contributed by atoms with Crippen molar-refractivity contribution in [2.24, 2.45) is 0 Å². The number of nitrogens with zero attached hydrogens (tertiary/aromatic N) is 2. The van der Waals surface area contributed by atoms with E-state index >= 15 is 0 Å². The van der Waals surface area contributed by atoms with Gasteiger partial charge in [0.05, 0.1) is 16.1 Å². The summed E-state index contributed by atoms with van der Waals surface area (Å²) in [4.78, 5) is 9.01. The van der Waals surface area contributed by atoms with Crippen molar-refractivity contribution < 1.29 is 8.42 Å². The number of anilines is 1. The summed E-state index contributed by atoms with van der Waals surface area (Å²) in [5.74, 6) is 0. The number of halogens is 1. The zero-order valence-electron chi connectivity index (χ0n) is 12.9. The molecule has 0 saturated heterocycles. The largest absolute Gasteiger partial charge is 0.280 e. The fourth-order valence-corrected chi connectivity index (χ4v) is 4.46. The quantitative estimate of drug-likeness (QED) is 0.687. The van der Waals surface area contributed by atoms with Gasteiger partial charge in [0, 0.05) is 17.4 Å². The number of benzene rings is 1. The second-order valence-electron chi connectivity index (χ2n) is 5.25. The Balaban J connectivity index is 2.01. The van der Waals surface area contributed by atoms with Crippen LogP contribution >= 0.6 is 22.9 Å². The zero-order chi connectivity index (χ0) is 17.3. The van der Waals surface area contributed by atoms with Crippen LogP contribution in [0.25, 0.3) is 10.4 Å². The third-order valence-corrected chi connectivity index (χ3v) is 6.19. The number of aryl methyl sites for hydroxylation is 2. The predicted molar refractivity (Wildman–Crippen MR) is 97.1 cm³/mol. The Morgan fingerprint density at radius 2 is 1.83 bits per heavy atom. The van der Waals surface area contributed by atoms with Crippen LogP contribution in [0.15, 0.2) is 46.9 Å². The highest BCUT2D eigenvalue weighted by molar-refractivity contribution is 7.92. The molecule has 0 radical (unpaired) electrons. The van der Waals surface area contributed by atoms with Crippen LogP contribution in [-0.2, 0) is 10.0 Å². The van der Waals surface area contributed by atoms with Crippen LogP contribution in [-0.4, -0.2) is 18.4 Å². The van der Waals surface area contributed by atoms with E-state index in [0.29, 0.717) is 11.3 Å². The number of sulfonamides is 1. The van der Waals surface area contributed by atoms with Gasteiger partial charge in [-0.15, -0.1) is 11.3 Å². The van der Waals surface area contributed by atoms with Crippen LogP contribution in [0.5, 0.6) is 0 Å².